The normalized spacial score (nSPS) is 22.8. The summed E-state index contributed by atoms with van der Waals surface area (Å²) < 4.78 is 32.8. The molecule has 6 heteroatoms. The van der Waals surface area contributed by atoms with Crippen LogP contribution in [0, 0.1) is 5.92 Å². The maximum atomic E-state index is 13.0. The molecule has 4 rings (SSSR count). The summed E-state index contributed by atoms with van der Waals surface area (Å²) in [6, 6.07) is 13.9. The summed E-state index contributed by atoms with van der Waals surface area (Å²) in [5.74, 6) is 1.42. The number of hydrogen-bond donors (Lipinski definition) is 1. The van der Waals surface area contributed by atoms with Crippen molar-refractivity contribution in [2.24, 2.45) is 5.92 Å². The predicted molar refractivity (Wildman–Crippen MR) is 116 cm³/mol. The molecular weight excluding hydrogens is 384 g/mol. The molecule has 2 aromatic carbocycles. The van der Waals surface area contributed by atoms with Crippen molar-refractivity contribution in [3.05, 3.63) is 65.7 Å². The second-order valence-corrected chi connectivity index (χ2v) is 9.52. The second kappa shape index (κ2) is 7.84. The van der Waals surface area contributed by atoms with Crippen LogP contribution in [0.5, 0.6) is 5.75 Å². The summed E-state index contributed by atoms with van der Waals surface area (Å²) in [6.45, 7) is 4.69. The Morgan fingerprint density at radius 3 is 2.48 bits per heavy atom. The van der Waals surface area contributed by atoms with Gasteiger partial charge >= 0.3 is 0 Å². The molecule has 0 saturated carbocycles. The zero-order valence-corrected chi connectivity index (χ0v) is 17.9. The van der Waals surface area contributed by atoms with Gasteiger partial charge in [0.15, 0.2) is 0 Å². The fourth-order valence-corrected chi connectivity index (χ4v) is 6.08. The molecule has 154 valence electrons. The average molecular weight is 413 g/mol. The van der Waals surface area contributed by atoms with Gasteiger partial charge in [0, 0.05) is 24.7 Å². The first-order valence-corrected chi connectivity index (χ1v) is 11.6. The van der Waals surface area contributed by atoms with Crippen LogP contribution in [0.2, 0.25) is 0 Å². The molecule has 0 bridgehead atoms. The Morgan fingerprint density at radius 1 is 1.10 bits per heavy atom. The summed E-state index contributed by atoms with van der Waals surface area (Å²) >= 11 is 0. The van der Waals surface area contributed by atoms with E-state index in [4.69, 9.17) is 4.74 Å². The lowest BCUT2D eigenvalue weighted by atomic mass is 9.77. The predicted octanol–water partition coefficient (Wildman–Crippen LogP) is 4.55. The number of allylic oxidation sites excluding steroid dienone is 2. The number of nitrogens with zero attached hydrogens (tertiary/aromatic N) is 1. The molecule has 0 saturated heterocycles. The first-order valence-electron chi connectivity index (χ1n) is 10.2. The van der Waals surface area contributed by atoms with Gasteiger partial charge in [-0.2, -0.15) is 4.31 Å². The van der Waals surface area contributed by atoms with Crippen LogP contribution < -0.4 is 10.1 Å². The maximum Gasteiger partial charge on any atom is 0.243 e. The Hall–Kier alpha value is -2.31. The van der Waals surface area contributed by atoms with Gasteiger partial charge in [-0.3, -0.25) is 0 Å². The fourth-order valence-electron chi connectivity index (χ4n) is 4.59. The molecular formula is C23H28N2O3S. The van der Waals surface area contributed by atoms with Gasteiger partial charge < -0.3 is 10.1 Å². The molecule has 1 aliphatic heterocycles. The minimum absolute atomic E-state index is 0.179. The molecule has 5 nitrogen and oxygen atoms in total. The molecule has 1 N–H and O–H groups in total. The number of hydrogen-bond acceptors (Lipinski definition) is 4. The monoisotopic (exact) mass is 412 g/mol. The van der Waals surface area contributed by atoms with Crippen LogP contribution >= 0.6 is 0 Å². The number of sulfonamides is 1. The highest BCUT2D eigenvalue weighted by atomic mass is 32.2. The van der Waals surface area contributed by atoms with Crippen molar-refractivity contribution in [3.63, 3.8) is 0 Å². The summed E-state index contributed by atoms with van der Waals surface area (Å²) in [6.07, 6.45) is 5.42. The van der Waals surface area contributed by atoms with Crippen molar-refractivity contribution in [1.82, 2.24) is 4.31 Å². The number of anilines is 1. The highest BCUT2D eigenvalue weighted by Crippen LogP contribution is 2.50. The summed E-state index contributed by atoms with van der Waals surface area (Å²) in [7, 11) is -1.80. The topological polar surface area (TPSA) is 58.6 Å². The van der Waals surface area contributed by atoms with Crippen LogP contribution in [-0.4, -0.2) is 32.9 Å². The Labute approximate surface area is 173 Å². The largest absolute Gasteiger partial charge is 0.497 e. The van der Waals surface area contributed by atoms with Gasteiger partial charge in [0.05, 0.1) is 18.0 Å². The zero-order valence-electron chi connectivity index (χ0n) is 17.1. The molecule has 3 atom stereocenters. The number of fused-ring (bicyclic) bond motifs is 3. The Kier molecular flexibility index (Phi) is 5.40. The number of ether oxygens (including phenoxy) is 1. The first kappa shape index (κ1) is 20.0. The fraction of sp³-hybridized carbons (Fsp3) is 0.391. The smallest absolute Gasteiger partial charge is 0.243 e. The van der Waals surface area contributed by atoms with E-state index < -0.39 is 10.0 Å². The van der Waals surface area contributed by atoms with E-state index >= 15 is 0 Å². The van der Waals surface area contributed by atoms with Crippen LogP contribution in [0.1, 0.15) is 43.4 Å². The van der Waals surface area contributed by atoms with E-state index in [0.717, 1.165) is 23.4 Å². The molecule has 3 unspecified atom stereocenters. The van der Waals surface area contributed by atoms with Crippen LogP contribution in [-0.2, 0) is 10.0 Å². The summed E-state index contributed by atoms with van der Waals surface area (Å²) in [4.78, 5) is 0.378. The molecule has 0 amide bonds. The highest BCUT2D eigenvalue weighted by molar-refractivity contribution is 7.89. The molecule has 1 aliphatic carbocycles. The van der Waals surface area contributed by atoms with Gasteiger partial charge in [0.2, 0.25) is 10.0 Å². The van der Waals surface area contributed by atoms with E-state index in [-0.39, 0.29) is 12.0 Å². The quantitative estimate of drug-likeness (QED) is 0.707. The van der Waals surface area contributed by atoms with Crippen LogP contribution in [0.4, 0.5) is 5.69 Å². The third-order valence-corrected chi connectivity index (χ3v) is 8.20. The Morgan fingerprint density at radius 2 is 1.83 bits per heavy atom. The van der Waals surface area contributed by atoms with E-state index in [0.29, 0.717) is 23.9 Å². The lowest BCUT2D eigenvalue weighted by Crippen LogP contribution is -2.32. The maximum absolute atomic E-state index is 13.0. The molecule has 2 aromatic rings. The van der Waals surface area contributed by atoms with Gasteiger partial charge in [-0.25, -0.2) is 8.42 Å². The first-order chi connectivity index (χ1) is 14.0. The minimum Gasteiger partial charge on any atom is -0.497 e. The van der Waals surface area contributed by atoms with Crippen LogP contribution in [0.25, 0.3) is 0 Å². The molecule has 29 heavy (non-hydrogen) atoms. The SMILES string of the molecule is CCN(CC)S(=O)(=O)c1ccc2c(c1)C1C=CCC1C(c1ccc(OC)cc1)N2. The lowest BCUT2D eigenvalue weighted by molar-refractivity contribution is 0.411. The van der Waals surface area contributed by atoms with Gasteiger partial charge in [0.1, 0.15) is 5.75 Å². The molecule has 1 heterocycles. The molecule has 0 aromatic heterocycles. The molecule has 0 fully saturated rings. The standard InChI is InChI=1S/C23H28N2O3S/c1-4-25(5-2)29(26,27)18-13-14-22-21(15-18)19-7-6-8-20(19)23(24-22)16-9-11-17(28-3)12-10-16/h6-7,9-15,19-20,23-24H,4-5,8H2,1-3H3. The van der Waals surface area contributed by atoms with Gasteiger partial charge in [0.25, 0.3) is 0 Å². The summed E-state index contributed by atoms with van der Waals surface area (Å²) in [5, 5.41) is 3.67. The molecule has 2 aliphatic rings. The van der Waals surface area contributed by atoms with Crippen LogP contribution in [0.3, 0.4) is 0 Å². The molecule has 0 spiro atoms. The van der Waals surface area contributed by atoms with Crippen molar-refractivity contribution < 1.29 is 13.2 Å². The van der Waals surface area contributed by atoms with Gasteiger partial charge in [-0.05, 0) is 53.8 Å². The van der Waals surface area contributed by atoms with Gasteiger partial charge in [-0.15, -0.1) is 0 Å². The van der Waals surface area contributed by atoms with Crippen LogP contribution in [0.15, 0.2) is 59.5 Å². The molecule has 0 radical (unpaired) electrons. The number of rotatable bonds is 6. The van der Waals surface area contributed by atoms with Crippen molar-refractivity contribution in [2.75, 3.05) is 25.5 Å². The Balaban J connectivity index is 1.72. The number of benzene rings is 2. The number of methoxy groups -OCH3 is 1. The third kappa shape index (κ3) is 3.45. The zero-order chi connectivity index (χ0) is 20.6. The van der Waals surface area contributed by atoms with Crippen molar-refractivity contribution in [1.29, 1.82) is 0 Å². The van der Waals surface area contributed by atoms with E-state index in [1.165, 1.54) is 9.87 Å². The van der Waals surface area contributed by atoms with E-state index in [1.54, 1.807) is 13.2 Å². The van der Waals surface area contributed by atoms with Crippen molar-refractivity contribution >= 4 is 15.7 Å². The number of nitrogens with one attached hydrogen (secondary N) is 1. The average Bonchev–Trinajstić information content (AvgIpc) is 3.24. The van der Waals surface area contributed by atoms with Crippen molar-refractivity contribution in [2.45, 2.75) is 37.1 Å². The van der Waals surface area contributed by atoms with E-state index in [1.807, 2.05) is 38.1 Å². The lowest BCUT2D eigenvalue weighted by Gasteiger charge is -2.38. The summed E-state index contributed by atoms with van der Waals surface area (Å²) in [5.41, 5.74) is 3.30. The minimum atomic E-state index is -3.47. The highest BCUT2D eigenvalue weighted by Gasteiger charge is 2.38. The van der Waals surface area contributed by atoms with Gasteiger partial charge in [-0.1, -0.05) is 38.1 Å². The van der Waals surface area contributed by atoms with E-state index in [9.17, 15) is 8.42 Å². The second-order valence-electron chi connectivity index (χ2n) is 7.59. The Bertz CT molecular complexity index is 1010. The third-order valence-electron chi connectivity index (χ3n) is 6.15. The van der Waals surface area contributed by atoms with E-state index in [2.05, 4.69) is 29.6 Å². The van der Waals surface area contributed by atoms with Crippen molar-refractivity contribution in [3.8, 4) is 5.75 Å².